The number of hydrogen-bond donors (Lipinski definition) is 0. The van der Waals surface area contributed by atoms with E-state index in [2.05, 4.69) is 31.2 Å². The molecule has 0 spiro atoms. The summed E-state index contributed by atoms with van der Waals surface area (Å²) in [5.41, 5.74) is 4.93. The zero-order valence-corrected chi connectivity index (χ0v) is 24.5. The topological polar surface area (TPSA) is 65.1 Å². The van der Waals surface area contributed by atoms with Crippen LogP contribution in [0.3, 0.4) is 0 Å². The van der Waals surface area contributed by atoms with E-state index in [1.54, 1.807) is 29.2 Å². The highest BCUT2D eigenvalue weighted by molar-refractivity contribution is 5.94. The molecule has 1 amide bonds. The maximum atomic E-state index is 13.5. The van der Waals surface area contributed by atoms with E-state index in [4.69, 9.17) is 14.2 Å². The molecule has 0 aromatic heterocycles. The van der Waals surface area contributed by atoms with Crippen molar-refractivity contribution in [3.8, 4) is 11.5 Å². The first kappa shape index (κ1) is 30.4. The number of amides is 1. The Bertz CT molecular complexity index is 1400. The lowest BCUT2D eigenvalue weighted by Gasteiger charge is -2.23. The molecule has 0 saturated heterocycles. The van der Waals surface area contributed by atoms with Gasteiger partial charge in [0.05, 0.1) is 13.5 Å². The predicted molar refractivity (Wildman–Crippen MR) is 164 cm³/mol. The maximum absolute atomic E-state index is 13.5. The van der Waals surface area contributed by atoms with Crippen molar-refractivity contribution >= 4 is 11.9 Å². The van der Waals surface area contributed by atoms with Gasteiger partial charge in [-0.3, -0.25) is 9.59 Å². The Hall–Kier alpha value is -4.58. The molecule has 0 saturated carbocycles. The summed E-state index contributed by atoms with van der Waals surface area (Å²) in [6.45, 7) is 3.66. The fourth-order valence-corrected chi connectivity index (χ4v) is 4.50. The van der Waals surface area contributed by atoms with Gasteiger partial charge in [-0.05, 0) is 71.5 Å². The molecule has 0 heterocycles. The highest BCUT2D eigenvalue weighted by atomic mass is 16.5. The van der Waals surface area contributed by atoms with E-state index in [9.17, 15) is 9.59 Å². The van der Waals surface area contributed by atoms with Crippen LogP contribution in [0.2, 0.25) is 0 Å². The Morgan fingerprint density at radius 3 is 2.02 bits per heavy atom. The molecule has 0 atom stereocenters. The Balaban J connectivity index is 1.38. The summed E-state index contributed by atoms with van der Waals surface area (Å²) in [4.78, 5) is 27.1. The summed E-state index contributed by atoms with van der Waals surface area (Å²) in [7, 11) is 1.35. The first-order valence-corrected chi connectivity index (χ1v) is 14.5. The fraction of sp³-hybridized carbons (Fsp3) is 0.278. The second-order valence-electron chi connectivity index (χ2n) is 10.2. The molecule has 0 aliphatic rings. The molecule has 4 aromatic carbocycles. The molecule has 42 heavy (non-hydrogen) atoms. The fourth-order valence-electron chi connectivity index (χ4n) is 4.50. The molecule has 4 aromatic rings. The van der Waals surface area contributed by atoms with Crippen molar-refractivity contribution < 1.29 is 23.8 Å². The number of esters is 1. The van der Waals surface area contributed by atoms with Crippen molar-refractivity contribution in [3.05, 3.63) is 131 Å². The normalized spacial score (nSPS) is 10.6. The van der Waals surface area contributed by atoms with Gasteiger partial charge in [0, 0.05) is 18.7 Å². The van der Waals surface area contributed by atoms with Crippen LogP contribution in [0.1, 0.15) is 58.8 Å². The van der Waals surface area contributed by atoms with Crippen LogP contribution in [0, 0.1) is 0 Å². The van der Waals surface area contributed by atoms with Crippen LogP contribution in [-0.4, -0.2) is 30.4 Å². The largest absolute Gasteiger partial charge is 0.489 e. The second kappa shape index (κ2) is 16.0. The third kappa shape index (κ3) is 9.51. The van der Waals surface area contributed by atoms with Gasteiger partial charge in [0.25, 0.3) is 5.91 Å². The van der Waals surface area contributed by atoms with E-state index in [0.29, 0.717) is 36.8 Å². The smallest absolute Gasteiger partial charge is 0.307 e. The summed E-state index contributed by atoms with van der Waals surface area (Å²) < 4.78 is 16.8. The summed E-state index contributed by atoms with van der Waals surface area (Å²) in [6, 6.07) is 33.3. The summed E-state index contributed by atoms with van der Waals surface area (Å²) >= 11 is 0. The monoisotopic (exact) mass is 565 g/mol. The van der Waals surface area contributed by atoms with Crippen molar-refractivity contribution in [2.45, 2.75) is 52.4 Å². The zero-order chi connectivity index (χ0) is 29.6. The van der Waals surface area contributed by atoms with Gasteiger partial charge in [0.1, 0.15) is 24.7 Å². The number of hydrogen-bond acceptors (Lipinski definition) is 5. The van der Waals surface area contributed by atoms with Crippen LogP contribution in [0.25, 0.3) is 0 Å². The number of methoxy groups -OCH3 is 1. The van der Waals surface area contributed by atoms with Crippen LogP contribution in [0.4, 0.5) is 0 Å². The van der Waals surface area contributed by atoms with Crippen LogP contribution >= 0.6 is 0 Å². The van der Waals surface area contributed by atoms with Crippen molar-refractivity contribution in [2.24, 2.45) is 0 Å². The Kier molecular flexibility index (Phi) is 11.6. The van der Waals surface area contributed by atoms with Crippen LogP contribution in [0.15, 0.2) is 103 Å². The minimum Gasteiger partial charge on any atom is -0.489 e. The van der Waals surface area contributed by atoms with E-state index < -0.39 is 0 Å². The maximum Gasteiger partial charge on any atom is 0.307 e. The summed E-state index contributed by atoms with van der Waals surface area (Å²) in [5, 5.41) is 0. The van der Waals surface area contributed by atoms with Gasteiger partial charge >= 0.3 is 5.97 Å². The number of ether oxygens (including phenoxy) is 3. The third-order valence-corrected chi connectivity index (χ3v) is 6.97. The minimum atomic E-state index is -0.366. The molecular formula is C36H39NO5. The van der Waals surface area contributed by atoms with Crippen molar-refractivity contribution in [2.75, 3.05) is 13.7 Å². The zero-order valence-electron chi connectivity index (χ0n) is 24.5. The number of benzene rings is 4. The molecule has 0 fully saturated rings. The van der Waals surface area contributed by atoms with Gasteiger partial charge in [0.15, 0.2) is 0 Å². The van der Waals surface area contributed by atoms with E-state index in [-0.39, 0.29) is 24.8 Å². The summed E-state index contributed by atoms with van der Waals surface area (Å²) in [5.74, 6) is 0.860. The van der Waals surface area contributed by atoms with Crippen molar-refractivity contribution in [1.82, 2.24) is 4.90 Å². The van der Waals surface area contributed by atoms with E-state index in [1.807, 2.05) is 54.6 Å². The van der Waals surface area contributed by atoms with Crippen LogP contribution < -0.4 is 9.47 Å². The Morgan fingerprint density at radius 1 is 0.690 bits per heavy atom. The first-order chi connectivity index (χ1) is 20.5. The first-order valence-electron chi connectivity index (χ1n) is 14.5. The molecule has 218 valence electrons. The number of aryl methyl sites for hydroxylation is 1. The minimum absolute atomic E-state index is 0.102. The molecule has 0 bridgehead atoms. The quantitative estimate of drug-likeness (QED) is 0.141. The molecule has 0 aliphatic carbocycles. The van der Waals surface area contributed by atoms with E-state index in [1.165, 1.54) is 25.5 Å². The average molecular weight is 566 g/mol. The predicted octanol–water partition coefficient (Wildman–Crippen LogP) is 7.39. The lowest BCUT2D eigenvalue weighted by atomic mass is 10.1. The molecule has 4 rings (SSSR count). The second-order valence-corrected chi connectivity index (χ2v) is 10.2. The molecule has 6 heteroatoms. The average Bonchev–Trinajstić information content (AvgIpc) is 3.04. The van der Waals surface area contributed by atoms with Crippen molar-refractivity contribution in [1.29, 1.82) is 0 Å². The van der Waals surface area contributed by atoms with E-state index in [0.717, 1.165) is 23.1 Å². The lowest BCUT2D eigenvalue weighted by Crippen LogP contribution is -2.32. The molecule has 0 radical (unpaired) electrons. The Morgan fingerprint density at radius 2 is 1.33 bits per heavy atom. The highest BCUT2D eigenvalue weighted by Gasteiger charge is 2.18. The number of nitrogens with zero attached hydrogens (tertiary/aromatic N) is 1. The SMILES string of the molecule is CCCCc1ccc(COc2ccc(C(=O)N(CCC(=O)OC)Cc3cccc(OCc4ccccc4)c3)cc2)cc1. The number of rotatable bonds is 15. The highest BCUT2D eigenvalue weighted by Crippen LogP contribution is 2.20. The van der Waals surface area contributed by atoms with Gasteiger partial charge in [-0.1, -0.05) is 80.1 Å². The molecule has 6 nitrogen and oxygen atoms in total. The lowest BCUT2D eigenvalue weighted by molar-refractivity contribution is -0.140. The van der Waals surface area contributed by atoms with Gasteiger partial charge in [-0.2, -0.15) is 0 Å². The number of carbonyl (C=O) groups excluding carboxylic acids is 2. The van der Waals surface area contributed by atoms with Gasteiger partial charge in [-0.25, -0.2) is 0 Å². The molecule has 0 N–H and O–H groups in total. The molecule has 0 unspecified atom stereocenters. The van der Waals surface area contributed by atoms with E-state index >= 15 is 0 Å². The van der Waals surface area contributed by atoms with Gasteiger partial charge in [-0.15, -0.1) is 0 Å². The number of carbonyl (C=O) groups is 2. The van der Waals surface area contributed by atoms with Crippen molar-refractivity contribution in [3.63, 3.8) is 0 Å². The standard InChI is InChI=1S/C36H39NO5/c1-3-4-9-28-14-16-30(17-15-28)27-41-33-20-18-32(19-21-33)36(39)37(23-22-35(38)40-2)25-31-12-8-13-34(24-31)42-26-29-10-6-5-7-11-29/h5-8,10-21,24H,3-4,9,22-23,25-27H2,1-2H3. The van der Waals surface area contributed by atoms with Crippen LogP contribution in [0.5, 0.6) is 11.5 Å². The molecule has 0 aliphatic heterocycles. The molecular weight excluding hydrogens is 526 g/mol. The van der Waals surface area contributed by atoms with Gasteiger partial charge in [0.2, 0.25) is 0 Å². The van der Waals surface area contributed by atoms with Crippen LogP contribution in [-0.2, 0) is 35.7 Å². The Labute approximate surface area is 248 Å². The van der Waals surface area contributed by atoms with Gasteiger partial charge < -0.3 is 19.1 Å². The number of unbranched alkanes of at least 4 members (excludes halogenated alkanes) is 1. The third-order valence-electron chi connectivity index (χ3n) is 6.97. The summed E-state index contributed by atoms with van der Waals surface area (Å²) in [6.07, 6.45) is 3.57.